The van der Waals surface area contributed by atoms with Crippen LogP contribution < -0.4 is 0 Å². The molecule has 0 spiro atoms. The van der Waals surface area contributed by atoms with E-state index in [2.05, 4.69) is 4.98 Å². The molecule has 1 heterocycles. The second kappa shape index (κ2) is 3.26. The van der Waals surface area contributed by atoms with Crippen LogP contribution in [0.3, 0.4) is 0 Å². The smallest absolute Gasteiger partial charge is 0.0629 e. The molecule has 0 atom stereocenters. The molecule has 0 saturated carbocycles. The van der Waals surface area contributed by atoms with Crippen molar-refractivity contribution in [3.8, 4) is 0 Å². The Kier molecular flexibility index (Phi) is 2.57. The average molecular weight is 174 g/mol. The number of hydrogen-bond donors (Lipinski definition) is 0. The minimum atomic E-state index is 0.742. The summed E-state index contributed by atoms with van der Waals surface area (Å²) in [5, 5.41) is 0.742. The minimum absolute atomic E-state index is 0.742. The number of nitrogens with zero attached hydrogens (tertiary/aromatic N) is 1. The summed E-state index contributed by atoms with van der Waals surface area (Å²) in [6.07, 6.45) is 3.83. The van der Waals surface area contributed by atoms with Gasteiger partial charge in [0.1, 0.15) is 0 Å². The molecule has 0 fully saturated rings. The van der Waals surface area contributed by atoms with Gasteiger partial charge < -0.3 is 0 Å². The number of hydrogen-bond acceptors (Lipinski definition) is 2. The van der Waals surface area contributed by atoms with Gasteiger partial charge in [0.05, 0.1) is 10.7 Å². The topological polar surface area (TPSA) is 12.9 Å². The van der Waals surface area contributed by atoms with Gasteiger partial charge in [-0.3, -0.25) is 4.98 Å². The molecular formula is C7H8ClNS. The van der Waals surface area contributed by atoms with Crippen molar-refractivity contribution in [1.82, 2.24) is 4.98 Å². The average Bonchev–Trinajstić information content (AvgIpc) is 1.95. The molecule has 0 bridgehead atoms. The number of rotatable bonds is 1. The molecular weight excluding hydrogens is 166 g/mol. The van der Waals surface area contributed by atoms with E-state index < -0.39 is 0 Å². The van der Waals surface area contributed by atoms with Gasteiger partial charge in [0.25, 0.3) is 0 Å². The third-order valence-corrected chi connectivity index (χ3v) is 2.31. The predicted octanol–water partition coefficient (Wildman–Crippen LogP) is 2.77. The second-order valence-electron chi connectivity index (χ2n) is 1.94. The number of aryl methyl sites for hydroxylation is 1. The van der Waals surface area contributed by atoms with Crippen LogP contribution in [0.2, 0.25) is 5.02 Å². The molecule has 0 unspecified atom stereocenters. The summed E-state index contributed by atoms with van der Waals surface area (Å²) in [7, 11) is 0. The van der Waals surface area contributed by atoms with Gasteiger partial charge >= 0.3 is 0 Å². The van der Waals surface area contributed by atoms with Crippen LogP contribution in [0.25, 0.3) is 0 Å². The van der Waals surface area contributed by atoms with Crippen LogP contribution in [0.5, 0.6) is 0 Å². The largest absolute Gasteiger partial charge is 0.259 e. The Labute approximate surface area is 69.8 Å². The van der Waals surface area contributed by atoms with Crippen LogP contribution in [0.15, 0.2) is 17.2 Å². The summed E-state index contributed by atoms with van der Waals surface area (Å²) < 4.78 is 0. The predicted molar refractivity (Wildman–Crippen MR) is 45.8 cm³/mol. The monoisotopic (exact) mass is 173 g/mol. The van der Waals surface area contributed by atoms with E-state index in [0.717, 1.165) is 15.6 Å². The highest BCUT2D eigenvalue weighted by atomic mass is 35.5. The maximum atomic E-state index is 5.82. The fourth-order valence-corrected chi connectivity index (χ4v) is 1.23. The molecule has 0 aliphatic rings. The SMILES string of the molecule is CSc1cnc(C)c(Cl)c1. The molecule has 54 valence electrons. The zero-order valence-electron chi connectivity index (χ0n) is 5.89. The molecule has 0 radical (unpaired) electrons. The number of aromatic nitrogens is 1. The summed E-state index contributed by atoms with van der Waals surface area (Å²) in [5.74, 6) is 0. The van der Waals surface area contributed by atoms with Gasteiger partial charge in [0.2, 0.25) is 0 Å². The summed E-state index contributed by atoms with van der Waals surface area (Å²) in [5.41, 5.74) is 0.888. The van der Waals surface area contributed by atoms with Crippen LogP contribution in [0.4, 0.5) is 0 Å². The number of halogens is 1. The van der Waals surface area contributed by atoms with Crippen molar-refractivity contribution in [3.05, 3.63) is 23.0 Å². The van der Waals surface area contributed by atoms with Crippen molar-refractivity contribution in [2.45, 2.75) is 11.8 Å². The van der Waals surface area contributed by atoms with E-state index >= 15 is 0 Å². The van der Waals surface area contributed by atoms with E-state index in [-0.39, 0.29) is 0 Å². The zero-order valence-corrected chi connectivity index (χ0v) is 7.46. The van der Waals surface area contributed by atoms with Gasteiger partial charge in [-0.05, 0) is 19.2 Å². The summed E-state index contributed by atoms with van der Waals surface area (Å²) in [6.45, 7) is 1.90. The first-order valence-electron chi connectivity index (χ1n) is 2.90. The summed E-state index contributed by atoms with van der Waals surface area (Å²) in [6, 6.07) is 1.93. The zero-order chi connectivity index (χ0) is 7.56. The summed E-state index contributed by atoms with van der Waals surface area (Å²) in [4.78, 5) is 5.20. The maximum absolute atomic E-state index is 5.82. The first kappa shape index (κ1) is 7.89. The molecule has 0 aliphatic carbocycles. The standard InChI is InChI=1S/C7H8ClNS/c1-5-7(8)3-6(10-2)4-9-5/h3-4H,1-2H3. The molecule has 10 heavy (non-hydrogen) atoms. The highest BCUT2D eigenvalue weighted by Crippen LogP contribution is 2.19. The van der Waals surface area contributed by atoms with E-state index in [4.69, 9.17) is 11.6 Å². The molecule has 1 nitrogen and oxygen atoms in total. The molecule has 1 aromatic heterocycles. The van der Waals surface area contributed by atoms with Crippen LogP contribution in [0, 0.1) is 6.92 Å². The quantitative estimate of drug-likeness (QED) is 0.606. The first-order chi connectivity index (χ1) is 4.74. The maximum Gasteiger partial charge on any atom is 0.0629 e. The molecule has 0 amide bonds. The van der Waals surface area contributed by atoms with Crippen molar-refractivity contribution < 1.29 is 0 Å². The van der Waals surface area contributed by atoms with E-state index in [1.807, 2.05) is 25.4 Å². The van der Waals surface area contributed by atoms with E-state index in [1.165, 1.54) is 0 Å². The number of thioether (sulfide) groups is 1. The lowest BCUT2D eigenvalue weighted by atomic mass is 10.4. The minimum Gasteiger partial charge on any atom is -0.259 e. The fourth-order valence-electron chi connectivity index (χ4n) is 0.600. The van der Waals surface area contributed by atoms with Gasteiger partial charge in [-0.25, -0.2) is 0 Å². The Hall–Kier alpha value is -0.210. The van der Waals surface area contributed by atoms with Crippen LogP contribution in [-0.4, -0.2) is 11.2 Å². The Morgan fingerprint density at radius 1 is 1.60 bits per heavy atom. The highest BCUT2D eigenvalue weighted by Gasteiger charge is 1.96. The van der Waals surface area contributed by atoms with Gasteiger partial charge in [-0.2, -0.15) is 0 Å². The summed E-state index contributed by atoms with van der Waals surface area (Å²) >= 11 is 7.46. The van der Waals surface area contributed by atoms with Crippen LogP contribution >= 0.6 is 23.4 Å². The normalized spacial score (nSPS) is 9.90. The van der Waals surface area contributed by atoms with E-state index in [1.54, 1.807) is 11.8 Å². The number of pyridine rings is 1. The van der Waals surface area contributed by atoms with Crippen molar-refractivity contribution in [2.75, 3.05) is 6.26 Å². The Bertz CT molecular complexity index is 237. The van der Waals surface area contributed by atoms with Crippen molar-refractivity contribution in [1.29, 1.82) is 0 Å². The Morgan fingerprint density at radius 2 is 2.30 bits per heavy atom. The second-order valence-corrected chi connectivity index (χ2v) is 3.23. The lowest BCUT2D eigenvalue weighted by molar-refractivity contribution is 1.15. The van der Waals surface area contributed by atoms with Crippen molar-refractivity contribution >= 4 is 23.4 Å². The molecule has 0 aliphatic heterocycles. The molecule has 0 saturated heterocycles. The molecule has 0 N–H and O–H groups in total. The fraction of sp³-hybridized carbons (Fsp3) is 0.286. The molecule has 0 aromatic carbocycles. The lowest BCUT2D eigenvalue weighted by Gasteiger charge is -1.97. The van der Waals surface area contributed by atoms with E-state index in [9.17, 15) is 0 Å². The molecule has 1 aromatic rings. The highest BCUT2D eigenvalue weighted by molar-refractivity contribution is 7.98. The van der Waals surface area contributed by atoms with Gasteiger partial charge in [-0.15, -0.1) is 11.8 Å². The van der Waals surface area contributed by atoms with Gasteiger partial charge in [-0.1, -0.05) is 11.6 Å². The third kappa shape index (κ3) is 1.64. The van der Waals surface area contributed by atoms with Crippen LogP contribution in [0.1, 0.15) is 5.69 Å². The molecule has 1 rings (SSSR count). The van der Waals surface area contributed by atoms with Gasteiger partial charge in [0, 0.05) is 11.1 Å². The Balaban J connectivity index is 3.04. The van der Waals surface area contributed by atoms with Crippen molar-refractivity contribution in [2.24, 2.45) is 0 Å². The van der Waals surface area contributed by atoms with Crippen molar-refractivity contribution in [3.63, 3.8) is 0 Å². The lowest BCUT2D eigenvalue weighted by Crippen LogP contribution is -1.81. The Morgan fingerprint density at radius 3 is 2.80 bits per heavy atom. The third-order valence-electron chi connectivity index (χ3n) is 1.24. The first-order valence-corrected chi connectivity index (χ1v) is 4.50. The molecule has 3 heteroatoms. The van der Waals surface area contributed by atoms with Crippen LogP contribution in [-0.2, 0) is 0 Å². The van der Waals surface area contributed by atoms with E-state index in [0.29, 0.717) is 0 Å². The van der Waals surface area contributed by atoms with Gasteiger partial charge in [0.15, 0.2) is 0 Å².